The molecular formula is C13H14BrNO2. The normalized spacial score (nSPS) is 10.9. The van der Waals surface area contributed by atoms with Gasteiger partial charge in [-0.15, -0.1) is 0 Å². The zero-order valence-corrected chi connectivity index (χ0v) is 11.0. The van der Waals surface area contributed by atoms with Crippen molar-refractivity contribution in [3.05, 3.63) is 35.5 Å². The molecule has 0 amide bonds. The molecule has 1 heterocycles. The van der Waals surface area contributed by atoms with Gasteiger partial charge in [-0.2, -0.15) is 0 Å². The fraction of sp³-hybridized carbons (Fsp3) is 0.308. The van der Waals surface area contributed by atoms with Crippen LogP contribution in [0.25, 0.3) is 10.9 Å². The van der Waals surface area contributed by atoms with Crippen molar-refractivity contribution in [2.24, 2.45) is 0 Å². The van der Waals surface area contributed by atoms with E-state index in [-0.39, 0.29) is 0 Å². The maximum absolute atomic E-state index is 10.9. The SMILES string of the molecule is O=C(O)c1ccc2[nH]cc(CCCCBr)c2c1. The molecule has 3 nitrogen and oxygen atoms in total. The number of aryl methyl sites for hydroxylation is 1. The summed E-state index contributed by atoms with van der Waals surface area (Å²) in [6, 6.07) is 5.20. The predicted molar refractivity (Wildman–Crippen MR) is 72.0 cm³/mol. The number of unbranched alkanes of at least 4 members (excludes halogenated alkanes) is 1. The molecule has 2 rings (SSSR count). The summed E-state index contributed by atoms with van der Waals surface area (Å²) in [6.45, 7) is 0. The highest BCUT2D eigenvalue weighted by molar-refractivity contribution is 9.09. The molecule has 0 radical (unpaired) electrons. The van der Waals surface area contributed by atoms with Crippen molar-refractivity contribution in [3.8, 4) is 0 Å². The van der Waals surface area contributed by atoms with Crippen LogP contribution in [-0.4, -0.2) is 21.4 Å². The van der Waals surface area contributed by atoms with Gasteiger partial charge in [0.2, 0.25) is 0 Å². The van der Waals surface area contributed by atoms with Gasteiger partial charge in [0.25, 0.3) is 0 Å². The first-order valence-electron chi connectivity index (χ1n) is 5.61. The van der Waals surface area contributed by atoms with Crippen LogP contribution in [0.5, 0.6) is 0 Å². The summed E-state index contributed by atoms with van der Waals surface area (Å²) in [5, 5.41) is 11.0. The number of carbonyl (C=O) groups is 1. The summed E-state index contributed by atoms with van der Waals surface area (Å²) in [5.74, 6) is -0.875. The Morgan fingerprint density at radius 2 is 2.18 bits per heavy atom. The van der Waals surface area contributed by atoms with Crippen molar-refractivity contribution < 1.29 is 9.90 Å². The third-order valence-corrected chi connectivity index (χ3v) is 3.40. The first-order chi connectivity index (χ1) is 8.22. The summed E-state index contributed by atoms with van der Waals surface area (Å²) in [5.41, 5.74) is 2.55. The average molecular weight is 296 g/mol. The van der Waals surface area contributed by atoms with Crippen LogP contribution in [0.3, 0.4) is 0 Å². The number of nitrogens with one attached hydrogen (secondary N) is 1. The molecule has 1 aromatic heterocycles. The number of aromatic carboxylic acids is 1. The van der Waals surface area contributed by atoms with Crippen LogP contribution in [0.4, 0.5) is 0 Å². The fourth-order valence-electron chi connectivity index (χ4n) is 1.93. The van der Waals surface area contributed by atoms with Crippen molar-refractivity contribution in [3.63, 3.8) is 0 Å². The van der Waals surface area contributed by atoms with E-state index in [4.69, 9.17) is 5.11 Å². The highest BCUT2D eigenvalue weighted by Gasteiger charge is 2.08. The molecule has 90 valence electrons. The minimum Gasteiger partial charge on any atom is -0.478 e. The fourth-order valence-corrected chi connectivity index (χ4v) is 2.32. The Hall–Kier alpha value is -1.29. The Morgan fingerprint density at radius 3 is 2.88 bits per heavy atom. The first kappa shape index (κ1) is 12.2. The van der Waals surface area contributed by atoms with E-state index in [1.54, 1.807) is 12.1 Å². The van der Waals surface area contributed by atoms with Crippen LogP contribution in [-0.2, 0) is 6.42 Å². The summed E-state index contributed by atoms with van der Waals surface area (Å²) >= 11 is 3.41. The minimum atomic E-state index is -0.875. The molecule has 0 atom stereocenters. The molecule has 0 aliphatic carbocycles. The monoisotopic (exact) mass is 295 g/mol. The molecule has 0 bridgehead atoms. The Kier molecular flexibility index (Phi) is 3.84. The van der Waals surface area contributed by atoms with Gasteiger partial charge in [-0.25, -0.2) is 4.79 Å². The maximum Gasteiger partial charge on any atom is 0.335 e. The van der Waals surface area contributed by atoms with Gasteiger partial charge in [-0.05, 0) is 43.0 Å². The molecule has 4 heteroatoms. The van der Waals surface area contributed by atoms with Crippen molar-refractivity contribution in [1.29, 1.82) is 0 Å². The van der Waals surface area contributed by atoms with Gasteiger partial charge in [0.15, 0.2) is 0 Å². The Morgan fingerprint density at radius 1 is 1.35 bits per heavy atom. The number of carboxylic acids is 1. The second kappa shape index (κ2) is 5.36. The zero-order valence-electron chi connectivity index (χ0n) is 9.37. The molecule has 0 spiro atoms. The number of hydrogen-bond donors (Lipinski definition) is 2. The summed E-state index contributed by atoms with van der Waals surface area (Å²) in [4.78, 5) is 14.1. The van der Waals surface area contributed by atoms with Crippen molar-refractivity contribution in [1.82, 2.24) is 4.98 Å². The van der Waals surface area contributed by atoms with E-state index in [9.17, 15) is 4.79 Å². The number of hydrogen-bond acceptors (Lipinski definition) is 1. The van der Waals surface area contributed by atoms with E-state index in [0.29, 0.717) is 5.56 Å². The van der Waals surface area contributed by atoms with Crippen LogP contribution < -0.4 is 0 Å². The Bertz CT molecular complexity index is 533. The van der Waals surface area contributed by atoms with Gasteiger partial charge < -0.3 is 10.1 Å². The van der Waals surface area contributed by atoms with E-state index < -0.39 is 5.97 Å². The van der Waals surface area contributed by atoms with E-state index in [0.717, 1.165) is 35.5 Å². The van der Waals surface area contributed by atoms with Crippen LogP contribution in [0.1, 0.15) is 28.8 Å². The number of carboxylic acid groups (broad SMARTS) is 1. The van der Waals surface area contributed by atoms with Crippen LogP contribution in [0, 0.1) is 0 Å². The number of aromatic amines is 1. The summed E-state index contributed by atoms with van der Waals surface area (Å²) in [7, 11) is 0. The van der Waals surface area contributed by atoms with Crippen molar-refractivity contribution >= 4 is 32.8 Å². The number of aromatic nitrogens is 1. The molecule has 0 aliphatic heterocycles. The summed E-state index contributed by atoms with van der Waals surface area (Å²) in [6.07, 6.45) is 5.19. The number of halogens is 1. The molecule has 0 saturated heterocycles. The van der Waals surface area contributed by atoms with Gasteiger partial charge in [-0.1, -0.05) is 15.9 Å². The van der Waals surface area contributed by atoms with Gasteiger partial charge in [0.1, 0.15) is 0 Å². The number of H-pyrrole nitrogens is 1. The number of fused-ring (bicyclic) bond motifs is 1. The lowest BCUT2D eigenvalue weighted by molar-refractivity contribution is 0.0697. The molecule has 0 fully saturated rings. The number of benzene rings is 1. The van der Waals surface area contributed by atoms with Crippen molar-refractivity contribution in [2.75, 3.05) is 5.33 Å². The molecule has 17 heavy (non-hydrogen) atoms. The third kappa shape index (κ3) is 2.69. The molecule has 2 aromatic rings. The highest BCUT2D eigenvalue weighted by atomic mass is 79.9. The molecule has 0 aliphatic rings. The Labute approximate surface area is 108 Å². The van der Waals surface area contributed by atoms with E-state index >= 15 is 0 Å². The highest BCUT2D eigenvalue weighted by Crippen LogP contribution is 2.21. The zero-order chi connectivity index (χ0) is 12.3. The van der Waals surface area contributed by atoms with Gasteiger partial charge >= 0.3 is 5.97 Å². The van der Waals surface area contributed by atoms with Gasteiger partial charge in [-0.3, -0.25) is 0 Å². The predicted octanol–water partition coefficient (Wildman–Crippen LogP) is 3.58. The first-order valence-corrected chi connectivity index (χ1v) is 6.74. The van der Waals surface area contributed by atoms with Crippen LogP contribution in [0.2, 0.25) is 0 Å². The quantitative estimate of drug-likeness (QED) is 0.654. The third-order valence-electron chi connectivity index (χ3n) is 2.84. The number of alkyl halides is 1. The molecule has 0 unspecified atom stereocenters. The number of rotatable bonds is 5. The van der Waals surface area contributed by atoms with E-state index in [2.05, 4.69) is 20.9 Å². The molecular weight excluding hydrogens is 282 g/mol. The molecule has 2 N–H and O–H groups in total. The molecule has 1 aromatic carbocycles. The smallest absolute Gasteiger partial charge is 0.335 e. The van der Waals surface area contributed by atoms with E-state index in [1.165, 1.54) is 5.56 Å². The Balaban J connectivity index is 2.30. The van der Waals surface area contributed by atoms with Crippen molar-refractivity contribution in [2.45, 2.75) is 19.3 Å². The van der Waals surface area contributed by atoms with Gasteiger partial charge in [0, 0.05) is 22.4 Å². The lowest BCUT2D eigenvalue weighted by atomic mass is 10.1. The maximum atomic E-state index is 10.9. The van der Waals surface area contributed by atoms with Gasteiger partial charge in [0.05, 0.1) is 5.56 Å². The lowest BCUT2D eigenvalue weighted by Crippen LogP contribution is -1.95. The second-order valence-corrected chi connectivity index (χ2v) is 4.82. The summed E-state index contributed by atoms with van der Waals surface area (Å²) < 4.78 is 0. The second-order valence-electron chi connectivity index (χ2n) is 4.03. The topological polar surface area (TPSA) is 53.1 Å². The largest absolute Gasteiger partial charge is 0.478 e. The van der Waals surface area contributed by atoms with Crippen LogP contribution >= 0.6 is 15.9 Å². The minimum absolute atomic E-state index is 0.346. The molecule has 0 saturated carbocycles. The van der Waals surface area contributed by atoms with Crippen LogP contribution in [0.15, 0.2) is 24.4 Å². The average Bonchev–Trinajstić information content (AvgIpc) is 2.72. The standard InChI is InChI=1S/C13H14BrNO2/c14-6-2-1-3-10-8-15-12-5-4-9(13(16)17)7-11(10)12/h4-5,7-8,15H,1-3,6H2,(H,16,17). The van der Waals surface area contributed by atoms with E-state index in [1.807, 2.05) is 12.3 Å². The lowest BCUT2D eigenvalue weighted by Gasteiger charge is -1.99.